The molecule has 0 fully saturated rings. The SMILES string of the molecule is COc1ccc(C(=O)Oc2ccc(C=Nc3ccc4ccccc4c3S)cc2)cc1. The average Bonchev–Trinajstić information content (AvgIpc) is 2.80. The number of aliphatic imine (C=N–C) groups is 1. The molecule has 0 atom stereocenters. The molecule has 0 aliphatic rings. The summed E-state index contributed by atoms with van der Waals surface area (Å²) in [6.45, 7) is 0. The summed E-state index contributed by atoms with van der Waals surface area (Å²) in [6.07, 6.45) is 1.76. The second-order valence-corrected chi connectivity index (χ2v) is 7.05. The van der Waals surface area contributed by atoms with Crippen LogP contribution in [0, 0.1) is 0 Å². The first-order valence-electron chi connectivity index (χ1n) is 9.35. The van der Waals surface area contributed by atoms with Crippen LogP contribution in [0.2, 0.25) is 0 Å². The van der Waals surface area contributed by atoms with E-state index in [1.54, 1.807) is 49.7 Å². The zero-order chi connectivity index (χ0) is 20.9. The van der Waals surface area contributed by atoms with Crippen molar-refractivity contribution in [1.82, 2.24) is 0 Å². The van der Waals surface area contributed by atoms with E-state index in [1.807, 2.05) is 42.5 Å². The van der Waals surface area contributed by atoms with Crippen LogP contribution in [0.4, 0.5) is 5.69 Å². The van der Waals surface area contributed by atoms with Crippen LogP contribution in [0.1, 0.15) is 15.9 Å². The lowest BCUT2D eigenvalue weighted by Gasteiger charge is -2.06. The van der Waals surface area contributed by atoms with Gasteiger partial charge in [0.15, 0.2) is 0 Å². The predicted molar refractivity (Wildman–Crippen MR) is 123 cm³/mol. The van der Waals surface area contributed by atoms with E-state index in [2.05, 4.69) is 23.7 Å². The van der Waals surface area contributed by atoms with Crippen LogP contribution in [0.5, 0.6) is 11.5 Å². The number of ether oxygens (including phenoxy) is 2. The van der Waals surface area contributed by atoms with Gasteiger partial charge < -0.3 is 9.47 Å². The van der Waals surface area contributed by atoms with E-state index >= 15 is 0 Å². The molecule has 4 nitrogen and oxygen atoms in total. The third-order valence-corrected chi connectivity index (χ3v) is 5.12. The van der Waals surface area contributed by atoms with E-state index in [0.29, 0.717) is 17.1 Å². The zero-order valence-corrected chi connectivity index (χ0v) is 17.2. The normalized spacial score (nSPS) is 11.0. The Morgan fingerprint density at radius 1 is 0.867 bits per heavy atom. The lowest BCUT2D eigenvalue weighted by molar-refractivity contribution is 0.0734. The minimum Gasteiger partial charge on any atom is -0.497 e. The van der Waals surface area contributed by atoms with Crippen molar-refractivity contribution in [3.63, 3.8) is 0 Å². The summed E-state index contributed by atoms with van der Waals surface area (Å²) in [6, 6.07) is 26.0. The summed E-state index contributed by atoms with van der Waals surface area (Å²) < 4.78 is 10.5. The van der Waals surface area contributed by atoms with E-state index in [4.69, 9.17) is 9.47 Å². The number of nitrogens with zero attached hydrogens (tertiary/aromatic N) is 1. The molecule has 0 heterocycles. The van der Waals surface area contributed by atoms with Crippen LogP contribution in [0.3, 0.4) is 0 Å². The molecule has 0 aromatic heterocycles. The van der Waals surface area contributed by atoms with E-state index in [0.717, 1.165) is 26.9 Å². The summed E-state index contributed by atoms with van der Waals surface area (Å²) in [5, 5.41) is 2.20. The molecule has 0 amide bonds. The van der Waals surface area contributed by atoms with E-state index in [1.165, 1.54) is 0 Å². The summed E-state index contributed by atoms with van der Waals surface area (Å²) in [7, 11) is 1.58. The average molecular weight is 413 g/mol. The highest BCUT2D eigenvalue weighted by atomic mass is 32.1. The van der Waals surface area contributed by atoms with Crippen molar-refractivity contribution in [2.45, 2.75) is 4.90 Å². The zero-order valence-electron chi connectivity index (χ0n) is 16.3. The molecular formula is C25H19NO3S. The van der Waals surface area contributed by atoms with Gasteiger partial charge >= 0.3 is 5.97 Å². The Kier molecular flexibility index (Phi) is 5.82. The first-order chi connectivity index (χ1) is 14.6. The third-order valence-electron chi connectivity index (χ3n) is 4.65. The first kappa shape index (κ1) is 19.7. The number of hydrogen-bond acceptors (Lipinski definition) is 5. The minimum absolute atomic E-state index is 0.421. The highest BCUT2D eigenvalue weighted by Gasteiger charge is 2.08. The first-order valence-corrected chi connectivity index (χ1v) is 9.80. The largest absolute Gasteiger partial charge is 0.497 e. The second kappa shape index (κ2) is 8.84. The molecular weight excluding hydrogens is 394 g/mol. The molecule has 0 N–H and O–H groups in total. The molecule has 0 saturated carbocycles. The smallest absolute Gasteiger partial charge is 0.343 e. The Hall–Kier alpha value is -3.57. The number of esters is 1. The maximum absolute atomic E-state index is 12.3. The van der Waals surface area contributed by atoms with Crippen LogP contribution in [-0.4, -0.2) is 19.3 Å². The summed E-state index contributed by atoms with van der Waals surface area (Å²) in [5.74, 6) is 0.731. The van der Waals surface area contributed by atoms with Gasteiger partial charge in [-0.05, 0) is 70.9 Å². The van der Waals surface area contributed by atoms with Gasteiger partial charge in [0.2, 0.25) is 0 Å². The molecule has 0 bridgehead atoms. The van der Waals surface area contributed by atoms with Gasteiger partial charge in [-0.25, -0.2) is 4.79 Å². The van der Waals surface area contributed by atoms with Crippen LogP contribution in [0.25, 0.3) is 10.8 Å². The van der Waals surface area contributed by atoms with Crippen LogP contribution >= 0.6 is 12.6 Å². The lowest BCUT2D eigenvalue weighted by atomic mass is 10.1. The Labute approximate surface area is 180 Å². The van der Waals surface area contributed by atoms with Crippen molar-refractivity contribution in [3.05, 3.63) is 96.1 Å². The molecule has 0 saturated heterocycles. The summed E-state index contributed by atoms with van der Waals surface area (Å²) >= 11 is 4.63. The van der Waals surface area contributed by atoms with E-state index in [9.17, 15) is 4.79 Å². The fourth-order valence-electron chi connectivity index (χ4n) is 3.01. The van der Waals surface area contributed by atoms with Crippen molar-refractivity contribution in [2.75, 3.05) is 7.11 Å². The monoisotopic (exact) mass is 413 g/mol. The minimum atomic E-state index is -0.421. The number of carbonyl (C=O) groups excluding carboxylic acids is 1. The Balaban J connectivity index is 1.45. The number of rotatable bonds is 5. The second-order valence-electron chi connectivity index (χ2n) is 6.60. The number of carbonyl (C=O) groups is 1. The van der Waals surface area contributed by atoms with E-state index < -0.39 is 5.97 Å². The van der Waals surface area contributed by atoms with Crippen molar-refractivity contribution < 1.29 is 14.3 Å². The van der Waals surface area contributed by atoms with Crippen molar-refractivity contribution in [3.8, 4) is 11.5 Å². The number of benzene rings is 4. The standard InChI is InChI=1S/C25H19NO3S/c1-28-20-13-8-19(9-14-20)25(27)29-21-11-6-17(7-12-21)16-26-23-15-10-18-4-2-3-5-22(18)24(23)30/h2-16,30H,1H3. The summed E-state index contributed by atoms with van der Waals surface area (Å²) in [4.78, 5) is 17.7. The van der Waals surface area contributed by atoms with Gasteiger partial charge in [0.1, 0.15) is 11.5 Å². The molecule has 0 radical (unpaired) electrons. The highest BCUT2D eigenvalue weighted by Crippen LogP contribution is 2.31. The maximum atomic E-state index is 12.3. The Morgan fingerprint density at radius 3 is 2.30 bits per heavy atom. The molecule has 4 rings (SSSR count). The van der Waals surface area contributed by atoms with Gasteiger partial charge in [0.05, 0.1) is 18.4 Å². The highest BCUT2D eigenvalue weighted by molar-refractivity contribution is 7.80. The molecule has 148 valence electrons. The van der Waals surface area contributed by atoms with Gasteiger partial charge in [-0.15, -0.1) is 12.6 Å². The Morgan fingerprint density at radius 2 is 1.57 bits per heavy atom. The van der Waals surface area contributed by atoms with Gasteiger partial charge in [0.25, 0.3) is 0 Å². The molecule has 0 aliphatic carbocycles. The fraction of sp³-hybridized carbons (Fsp3) is 0.0400. The molecule has 0 spiro atoms. The Bertz CT molecular complexity index is 1220. The van der Waals surface area contributed by atoms with Crippen molar-refractivity contribution >= 4 is 41.3 Å². The number of methoxy groups -OCH3 is 1. The van der Waals surface area contributed by atoms with Crippen LogP contribution < -0.4 is 9.47 Å². The fourth-order valence-corrected chi connectivity index (χ4v) is 3.34. The molecule has 30 heavy (non-hydrogen) atoms. The quantitative estimate of drug-likeness (QED) is 0.186. The molecule has 4 aromatic rings. The van der Waals surface area contributed by atoms with Crippen LogP contribution in [0.15, 0.2) is 94.8 Å². The van der Waals surface area contributed by atoms with Crippen molar-refractivity contribution in [1.29, 1.82) is 0 Å². The third kappa shape index (κ3) is 4.36. The maximum Gasteiger partial charge on any atom is 0.343 e. The lowest BCUT2D eigenvalue weighted by Crippen LogP contribution is -2.08. The topological polar surface area (TPSA) is 47.9 Å². The van der Waals surface area contributed by atoms with Crippen LogP contribution in [-0.2, 0) is 0 Å². The predicted octanol–water partition coefficient (Wildman–Crippen LogP) is 6.11. The van der Waals surface area contributed by atoms with E-state index in [-0.39, 0.29) is 0 Å². The molecule has 4 aromatic carbocycles. The summed E-state index contributed by atoms with van der Waals surface area (Å²) in [5.41, 5.74) is 2.14. The number of fused-ring (bicyclic) bond motifs is 1. The molecule has 5 heteroatoms. The molecule has 0 unspecified atom stereocenters. The van der Waals surface area contributed by atoms with Gasteiger partial charge in [-0.2, -0.15) is 0 Å². The van der Waals surface area contributed by atoms with Gasteiger partial charge in [-0.3, -0.25) is 4.99 Å². The number of hydrogen-bond donors (Lipinski definition) is 1. The van der Waals surface area contributed by atoms with Gasteiger partial charge in [-0.1, -0.05) is 30.3 Å². The number of thiol groups is 1. The van der Waals surface area contributed by atoms with Crippen molar-refractivity contribution in [2.24, 2.45) is 4.99 Å². The van der Waals surface area contributed by atoms with Gasteiger partial charge in [0, 0.05) is 11.1 Å². The molecule has 0 aliphatic heterocycles.